The van der Waals surface area contributed by atoms with Gasteiger partial charge in [-0.15, -0.1) is 0 Å². The second-order valence-electron chi connectivity index (χ2n) is 8.53. The number of hydrogen-bond acceptors (Lipinski definition) is 6. The van der Waals surface area contributed by atoms with Crippen molar-refractivity contribution < 1.29 is 9.47 Å². The fourth-order valence-corrected chi connectivity index (χ4v) is 3.82. The SMILES string of the molecule is CCCCOc1ccc(N2C=CN(CN3C=CN(c4ccc(OCCCC)cc4)C3)C2)cc1. The van der Waals surface area contributed by atoms with Crippen LogP contribution in [0.4, 0.5) is 11.4 Å². The standard InChI is InChI=1S/C27H36N4O2/c1-3-5-19-32-26-11-7-24(8-12-26)30-17-15-28(22-30)21-29-16-18-31(23-29)25-9-13-27(14-10-25)33-20-6-4-2/h7-18H,3-6,19-23H2,1-2H3. The third kappa shape index (κ3) is 6.37. The summed E-state index contributed by atoms with van der Waals surface area (Å²) in [5.41, 5.74) is 2.35. The van der Waals surface area contributed by atoms with Crippen LogP contribution in [0.2, 0.25) is 0 Å². The molecular formula is C27H36N4O2. The molecule has 0 aromatic heterocycles. The maximum atomic E-state index is 5.78. The van der Waals surface area contributed by atoms with Crippen LogP contribution >= 0.6 is 0 Å². The highest BCUT2D eigenvalue weighted by molar-refractivity contribution is 5.53. The summed E-state index contributed by atoms with van der Waals surface area (Å²) in [5.74, 6) is 1.88. The van der Waals surface area contributed by atoms with Crippen LogP contribution in [0.5, 0.6) is 11.5 Å². The third-order valence-electron chi connectivity index (χ3n) is 5.82. The van der Waals surface area contributed by atoms with E-state index in [1.165, 1.54) is 11.4 Å². The molecule has 2 aromatic rings. The minimum atomic E-state index is 0.782. The molecule has 0 spiro atoms. The number of rotatable bonds is 12. The van der Waals surface area contributed by atoms with Gasteiger partial charge in [-0.25, -0.2) is 0 Å². The molecule has 0 saturated carbocycles. The normalized spacial score (nSPS) is 15.1. The van der Waals surface area contributed by atoms with Crippen LogP contribution in [0.3, 0.4) is 0 Å². The Kier molecular flexibility index (Phi) is 8.01. The Balaban J connectivity index is 1.22. The molecule has 0 amide bonds. The highest BCUT2D eigenvalue weighted by Gasteiger charge is 2.19. The number of nitrogens with zero attached hydrogens (tertiary/aromatic N) is 4. The van der Waals surface area contributed by atoms with E-state index >= 15 is 0 Å². The zero-order valence-electron chi connectivity index (χ0n) is 19.9. The van der Waals surface area contributed by atoms with Crippen LogP contribution in [-0.2, 0) is 0 Å². The van der Waals surface area contributed by atoms with Gasteiger partial charge in [0.1, 0.15) is 11.5 Å². The van der Waals surface area contributed by atoms with Gasteiger partial charge in [-0.2, -0.15) is 0 Å². The van der Waals surface area contributed by atoms with E-state index in [0.717, 1.165) is 70.4 Å². The first-order valence-corrected chi connectivity index (χ1v) is 12.1. The molecule has 2 heterocycles. The number of hydrogen-bond donors (Lipinski definition) is 0. The van der Waals surface area contributed by atoms with Crippen molar-refractivity contribution in [2.45, 2.75) is 39.5 Å². The van der Waals surface area contributed by atoms with Gasteiger partial charge in [0.15, 0.2) is 0 Å². The van der Waals surface area contributed by atoms with Gasteiger partial charge in [0.05, 0.1) is 33.2 Å². The first-order chi connectivity index (χ1) is 16.2. The summed E-state index contributed by atoms with van der Waals surface area (Å²) in [6, 6.07) is 16.7. The molecule has 0 saturated heterocycles. The van der Waals surface area contributed by atoms with Gasteiger partial charge < -0.3 is 29.1 Å². The highest BCUT2D eigenvalue weighted by atomic mass is 16.5. The van der Waals surface area contributed by atoms with E-state index in [0.29, 0.717) is 0 Å². The molecule has 0 fully saturated rings. The zero-order chi connectivity index (χ0) is 22.9. The number of ether oxygens (including phenoxy) is 2. The smallest absolute Gasteiger partial charge is 0.119 e. The van der Waals surface area contributed by atoms with E-state index in [-0.39, 0.29) is 0 Å². The molecule has 6 nitrogen and oxygen atoms in total. The van der Waals surface area contributed by atoms with Crippen LogP contribution in [0, 0.1) is 0 Å². The molecule has 0 bridgehead atoms. The fourth-order valence-electron chi connectivity index (χ4n) is 3.82. The predicted molar refractivity (Wildman–Crippen MR) is 135 cm³/mol. The minimum absolute atomic E-state index is 0.782. The van der Waals surface area contributed by atoms with E-state index < -0.39 is 0 Å². The van der Waals surface area contributed by atoms with Gasteiger partial charge >= 0.3 is 0 Å². The average Bonchev–Trinajstić information content (AvgIpc) is 3.51. The Morgan fingerprint density at radius 1 is 0.606 bits per heavy atom. The molecule has 6 heteroatoms. The van der Waals surface area contributed by atoms with E-state index in [1.54, 1.807) is 0 Å². The Labute approximate surface area is 198 Å². The molecule has 2 aliphatic rings. The molecule has 176 valence electrons. The van der Waals surface area contributed by atoms with Crippen molar-refractivity contribution in [1.29, 1.82) is 0 Å². The second-order valence-corrected chi connectivity index (χ2v) is 8.53. The Morgan fingerprint density at radius 3 is 1.42 bits per heavy atom. The van der Waals surface area contributed by atoms with Gasteiger partial charge in [0, 0.05) is 36.2 Å². The van der Waals surface area contributed by atoms with Gasteiger partial charge in [0.25, 0.3) is 0 Å². The van der Waals surface area contributed by atoms with Crippen LogP contribution in [0.1, 0.15) is 39.5 Å². The van der Waals surface area contributed by atoms with Crippen molar-refractivity contribution in [3.63, 3.8) is 0 Å². The topological polar surface area (TPSA) is 31.4 Å². The molecule has 0 radical (unpaired) electrons. The van der Waals surface area contributed by atoms with Crippen molar-refractivity contribution >= 4 is 11.4 Å². The lowest BCUT2D eigenvalue weighted by Gasteiger charge is -2.27. The first-order valence-electron chi connectivity index (χ1n) is 12.1. The lowest BCUT2D eigenvalue weighted by molar-refractivity contribution is 0.250. The summed E-state index contributed by atoms with van der Waals surface area (Å²) in [6.07, 6.45) is 13.1. The van der Waals surface area contributed by atoms with Crippen molar-refractivity contribution in [3.8, 4) is 11.5 Å². The van der Waals surface area contributed by atoms with Crippen molar-refractivity contribution in [2.75, 3.05) is 43.0 Å². The summed E-state index contributed by atoms with van der Waals surface area (Å²) in [6.45, 7) is 8.43. The summed E-state index contributed by atoms with van der Waals surface area (Å²) in [5, 5.41) is 0. The van der Waals surface area contributed by atoms with Gasteiger partial charge in [0.2, 0.25) is 0 Å². The molecule has 4 rings (SSSR count). The molecule has 2 aromatic carbocycles. The molecule has 2 aliphatic heterocycles. The third-order valence-corrected chi connectivity index (χ3v) is 5.82. The van der Waals surface area contributed by atoms with Gasteiger partial charge in [-0.1, -0.05) is 26.7 Å². The summed E-state index contributed by atoms with van der Waals surface area (Å²) < 4.78 is 11.6. The van der Waals surface area contributed by atoms with Crippen molar-refractivity contribution in [2.24, 2.45) is 0 Å². The van der Waals surface area contributed by atoms with Crippen LogP contribution in [-0.4, -0.2) is 43.0 Å². The molecule has 0 N–H and O–H groups in total. The van der Waals surface area contributed by atoms with Crippen molar-refractivity contribution in [3.05, 3.63) is 73.3 Å². The monoisotopic (exact) mass is 448 g/mol. The van der Waals surface area contributed by atoms with E-state index in [1.807, 2.05) is 0 Å². The number of anilines is 2. The molecule has 33 heavy (non-hydrogen) atoms. The highest BCUT2D eigenvalue weighted by Crippen LogP contribution is 2.25. The Morgan fingerprint density at radius 2 is 1.03 bits per heavy atom. The van der Waals surface area contributed by atoms with E-state index in [9.17, 15) is 0 Å². The summed E-state index contributed by atoms with van der Waals surface area (Å²) in [7, 11) is 0. The molecule has 0 aliphatic carbocycles. The Bertz CT molecular complexity index is 835. The van der Waals surface area contributed by atoms with E-state index in [2.05, 4.69) is 107 Å². The molecular weight excluding hydrogens is 412 g/mol. The second kappa shape index (κ2) is 11.5. The zero-order valence-corrected chi connectivity index (χ0v) is 19.9. The number of benzene rings is 2. The average molecular weight is 449 g/mol. The molecule has 0 unspecified atom stereocenters. The Hall–Kier alpha value is -3.28. The number of unbranched alkanes of at least 4 members (excludes halogenated alkanes) is 2. The lowest BCUT2D eigenvalue weighted by Crippen LogP contribution is -2.35. The lowest BCUT2D eigenvalue weighted by atomic mass is 10.3. The molecule has 0 atom stereocenters. The van der Waals surface area contributed by atoms with Crippen molar-refractivity contribution in [1.82, 2.24) is 9.80 Å². The van der Waals surface area contributed by atoms with Crippen LogP contribution < -0.4 is 19.3 Å². The quantitative estimate of drug-likeness (QED) is 0.381. The van der Waals surface area contributed by atoms with Gasteiger partial charge in [-0.3, -0.25) is 0 Å². The van der Waals surface area contributed by atoms with Crippen LogP contribution in [0.25, 0.3) is 0 Å². The first kappa shape index (κ1) is 22.9. The largest absolute Gasteiger partial charge is 0.494 e. The van der Waals surface area contributed by atoms with E-state index in [4.69, 9.17) is 9.47 Å². The maximum Gasteiger partial charge on any atom is 0.119 e. The minimum Gasteiger partial charge on any atom is -0.494 e. The van der Waals surface area contributed by atoms with Crippen LogP contribution in [0.15, 0.2) is 73.3 Å². The fraction of sp³-hybridized carbons (Fsp3) is 0.407. The maximum absolute atomic E-state index is 5.78. The summed E-state index contributed by atoms with van der Waals surface area (Å²) in [4.78, 5) is 9.13. The van der Waals surface area contributed by atoms with Gasteiger partial charge in [-0.05, 0) is 61.4 Å². The predicted octanol–water partition coefficient (Wildman–Crippen LogP) is 5.80. The summed E-state index contributed by atoms with van der Waals surface area (Å²) >= 11 is 0.